The molecule has 0 N–H and O–H groups in total. The van der Waals surface area contributed by atoms with Crippen molar-refractivity contribution in [3.63, 3.8) is 0 Å². The van der Waals surface area contributed by atoms with Crippen LogP contribution in [-0.2, 0) is 16.1 Å². The lowest BCUT2D eigenvalue weighted by atomic mass is 9.95. The van der Waals surface area contributed by atoms with Crippen LogP contribution in [0.15, 0.2) is 18.3 Å². The van der Waals surface area contributed by atoms with Crippen LogP contribution in [0.5, 0.6) is 0 Å². The number of carbonyl (C=O) groups is 1. The molecular weight excluding hydrogens is 318 g/mol. The van der Waals surface area contributed by atoms with Gasteiger partial charge < -0.3 is 9.64 Å². The lowest BCUT2D eigenvalue weighted by Gasteiger charge is -2.31. The van der Waals surface area contributed by atoms with E-state index in [0.717, 1.165) is 55.4 Å². The highest BCUT2D eigenvalue weighted by Crippen LogP contribution is 2.28. The minimum absolute atomic E-state index is 0.0543. The fourth-order valence-corrected chi connectivity index (χ4v) is 3.31. The highest BCUT2D eigenvalue weighted by atomic mass is 16.5. The number of hydrogen-bond donors (Lipinski definition) is 0. The SMILES string of the molecule is CCn1nccc1-c1cc(C)nc(C2CCN(C(=O)COC)CC2)n1. The number of aromatic nitrogens is 4. The van der Waals surface area contributed by atoms with Gasteiger partial charge in [-0.2, -0.15) is 5.10 Å². The Balaban J connectivity index is 1.77. The zero-order valence-electron chi connectivity index (χ0n) is 15.1. The molecule has 25 heavy (non-hydrogen) atoms. The lowest BCUT2D eigenvalue weighted by molar-refractivity contribution is -0.136. The molecule has 1 amide bonds. The van der Waals surface area contributed by atoms with Gasteiger partial charge in [-0.3, -0.25) is 9.48 Å². The fraction of sp³-hybridized carbons (Fsp3) is 0.556. The van der Waals surface area contributed by atoms with Crippen molar-refractivity contribution in [2.24, 2.45) is 0 Å². The second-order valence-corrected chi connectivity index (χ2v) is 6.37. The van der Waals surface area contributed by atoms with E-state index in [-0.39, 0.29) is 18.4 Å². The predicted octanol–water partition coefficient (Wildman–Crippen LogP) is 2.02. The summed E-state index contributed by atoms with van der Waals surface area (Å²) in [5.41, 5.74) is 2.89. The molecule has 0 radical (unpaired) electrons. The quantitative estimate of drug-likeness (QED) is 0.830. The molecule has 0 bridgehead atoms. The maximum Gasteiger partial charge on any atom is 0.248 e. The van der Waals surface area contributed by atoms with E-state index in [1.54, 1.807) is 13.3 Å². The molecular formula is C18H25N5O2. The normalized spacial score (nSPS) is 15.6. The van der Waals surface area contributed by atoms with Gasteiger partial charge in [-0.1, -0.05) is 0 Å². The van der Waals surface area contributed by atoms with E-state index in [1.807, 2.05) is 28.6 Å². The highest BCUT2D eigenvalue weighted by Gasteiger charge is 2.26. The summed E-state index contributed by atoms with van der Waals surface area (Å²) in [4.78, 5) is 23.3. The second-order valence-electron chi connectivity index (χ2n) is 6.37. The molecule has 1 fully saturated rings. The van der Waals surface area contributed by atoms with Crippen LogP contribution >= 0.6 is 0 Å². The smallest absolute Gasteiger partial charge is 0.248 e. The maximum atomic E-state index is 11.9. The third kappa shape index (κ3) is 3.87. The summed E-state index contributed by atoms with van der Waals surface area (Å²) in [5.74, 6) is 1.21. The van der Waals surface area contributed by atoms with Crippen molar-refractivity contribution in [3.05, 3.63) is 29.8 Å². The lowest BCUT2D eigenvalue weighted by Crippen LogP contribution is -2.40. The second kappa shape index (κ2) is 7.74. The Morgan fingerprint density at radius 1 is 1.32 bits per heavy atom. The van der Waals surface area contributed by atoms with E-state index < -0.39 is 0 Å². The monoisotopic (exact) mass is 343 g/mol. The Bertz CT molecular complexity index is 735. The van der Waals surface area contributed by atoms with Crippen molar-refractivity contribution < 1.29 is 9.53 Å². The minimum atomic E-state index is 0.0543. The van der Waals surface area contributed by atoms with E-state index >= 15 is 0 Å². The molecule has 0 unspecified atom stereocenters. The molecule has 3 heterocycles. The van der Waals surface area contributed by atoms with Crippen LogP contribution in [0.2, 0.25) is 0 Å². The van der Waals surface area contributed by atoms with E-state index in [4.69, 9.17) is 9.72 Å². The summed E-state index contributed by atoms with van der Waals surface area (Å²) >= 11 is 0. The van der Waals surface area contributed by atoms with Crippen LogP contribution in [0.25, 0.3) is 11.4 Å². The summed E-state index contributed by atoms with van der Waals surface area (Å²) in [6, 6.07) is 3.99. The number of ether oxygens (including phenoxy) is 1. The first-order chi connectivity index (χ1) is 12.1. The van der Waals surface area contributed by atoms with Crippen molar-refractivity contribution in [1.29, 1.82) is 0 Å². The molecule has 0 saturated carbocycles. The molecule has 1 aliphatic rings. The molecule has 2 aromatic rings. The average molecular weight is 343 g/mol. The zero-order valence-corrected chi connectivity index (χ0v) is 15.1. The van der Waals surface area contributed by atoms with Crippen LogP contribution in [0.1, 0.15) is 37.2 Å². The van der Waals surface area contributed by atoms with Crippen LogP contribution in [0, 0.1) is 6.92 Å². The van der Waals surface area contributed by atoms with Gasteiger partial charge in [0.15, 0.2) is 0 Å². The number of nitrogens with zero attached hydrogens (tertiary/aromatic N) is 5. The van der Waals surface area contributed by atoms with Crippen molar-refractivity contribution in [1.82, 2.24) is 24.6 Å². The van der Waals surface area contributed by atoms with Gasteiger partial charge in [0.25, 0.3) is 0 Å². The van der Waals surface area contributed by atoms with Crippen molar-refractivity contribution >= 4 is 5.91 Å². The minimum Gasteiger partial charge on any atom is -0.375 e. The Morgan fingerprint density at radius 3 is 2.76 bits per heavy atom. The first-order valence-corrected chi connectivity index (χ1v) is 8.76. The molecule has 3 rings (SSSR count). The molecule has 0 spiro atoms. The van der Waals surface area contributed by atoms with Crippen LogP contribution in [0.3, 0.4) is 0 Å². The largest absolute Gasteiger partial charge is 0.375 e. The number of hydrogen-bond acceptors (Lipinski definition) is 5. The average Bonchev–Trinajstić information content (AvgIpc) is 3.10. The topological polar surface area (TPSA) is 73.1 Å². The Morgan fingerprint density at radius 2 is 2.08 bits per heavy atom. The molecule has 7 nitrogen and oxygen atoms in total. The summed E-state index contributed by atoms with van der Waals surface area (Å²) < 4.78 is 6.88. The highest BCUT2D eigenvalue weighted by molar-refractivity contribution is 5.77. The van der Waals surface area contributed by atoms with Crippen molar-refractivity contribution in [2.45, 2.75) is 39.2 Å². The third-order valence-corrected chi connectivity index (χ3v) is 4.63. The van der Waals surface area contributed by atoms with E-state index in [1.165, 1.54) is 0 Å². The molecule has 1 saturated heterocycles. The van der Waals surface area contributed by atoms with Crippen LogP contribution in [-0.4, -0.2) is 57.4 Å². The molecule has 7 heteroatoms. The van der Waals surface area contributed by atoms with Crippen LogP contribution in [0.4, 0.5) is 0 Å². The van der Waals surface area contributed by atoms with Gasteiger partial charge in [0.1, 0.15) is 12.4 Å². The first-order valence-electron chi connectivity index (χ1n) is 8.76. The van der Waals surface area contributed by atoms with Crippen molar-refractivity contribution in [2.75, 3.05) is 26.8 Å². The van der Waals surface area contributed by atoms with Crippen molar-refractivity contribution in [3.8, 4) is 11.4 Å². The van der Waals surface area contributed by atoms with E-state index in [9.17, 15) is 4.79 Å². The first kappa shape index (κ1) is 17.5. The number of likely N-dealkylation sites (tertiary alicyclic amines) is 1. The molecule has 134 valence electrons. The summed E-state index contributed by atoms with van der Waals surface area (Å²) in [7, 11) is 1.55. The van der Waals surface area contributed by atoms with E-state index in [2.05, 4.69) is 17.0 Å². The van der Waals surface area contributed by atoms with Gasteiger partial charge in [-0.25, -0.2) is 9.97 Å². The van der Waals surface area contributed by atoms with Gasteiger partial charge in [-0.05, 0) is 38.8 Å². The Labute approximate surface area is 148 Å². The number of rotatable bonds is 5. The summed E-state index contributed by atoms with van der Waals surface area (Å²) in [6.45, 7) is 6.48. The number of methoxy groups -OCH3 is 1. The number of carbonyl (C=O) groups excluding carboxylic acids is 1. The van der Waals surface area contributed by atoms with Gasteiger partial charge >= 0.3 is 0 Å². The number of aryl methyl sites for hydroxylation is 2. The molecule has 0 atom stereocenters. The van der Waals surface area contributed by atoms with E-state index in [0.29, 0.717) is 0 Å². The number of amides is 1. The molecule has 1 aliphatic heterocycles. The van der Waals surface area contributed by atoms with Gasteiger partial charge in [0.05, 0.1) is 11.4 Å². The Hall–Kier alpha value is -2.28. The molecule has 0 aromatic carbocycles. The van der Waals surface area contributed by atoms with Gasteiger partial charge in [0.2, 0.25) is 5.91 Å². The maximum absolute atomic E-state index is 11.9. The van der Waals surface area contributed by atoms with Crippen LogP contribution < -0.4 is 0 Å². The standard InChI is InChI=1S/C18H25N5O2/c1-4-23-16(5-8-19-23)15-11-13(2)20-18(21-15)14-6-9-22(10-7-14)17(24)12-25-3/h5,8,11,14H,4,6-7,9-10,12H2,1-3H3. The third-order valence-electron chi connectivity index (χ3n) is 4.63. The predicted molar refractivity (Wildman–Crippen MR) is 94.1 cm³/mol. The van der Waals surface area contributed by atoms with Gasteiger partial charge in [-0.15, -0.1) is 0 Å². The summed E-state index contributed by atoms with van der Waals surface area (Å²) in [6.07, 6.45) is 3.56. The molecule has 2 aromatic heterocycles. The molecule has 0 aliphatic carbocycles. The summed E-state index contributed by atoms with van der Waals surface area (Å²) in [5, 5.41) is 4.33. The number of piperidine rings is 1. The Kier molecular flexibility index (Phi) is 5.43. The van der Waals surface area contributed by atoms with Gasteiger partial charge in [0, 0.05) is 44.6 Å². The fourth-order valence-electron chi connectivity index (χ4n) is 3.31. The zero-order chi connectivity index (χ0) is 17.8.